The van der Waals surface area contributed by atoms with E-state index in [2.05, 4.69) is 15.9 Å². The number of nitrogens with zero attached hydrogens (tertiary/aromatic N) is 3. The van der Waals surface area contributed by atoms with E-state index in [9.17, 15) is 18.8 Å². The molecule has 5 rings (SSSR count). The Bertz CT molecular complexity index is 1300. The Morgan fingerprint density at radius 1 is 0.925 bits per heavy atom. The van der Waals surface area contributed by atoms with Gasteiger partial charge in [-0.05, 0) is 73.3 Å². The van der Waals surface area contributed by atoms with Gasteiger partial charge in [-0.1, -0.05) is 18.2 Å². The smallest absolute Gasteiger partial charge is 0.328 e. The molecule has 3 aliphatic rings. The van der Waals surface area contributed by atoms with Gasteiger partial charge in [-0.15, -0.1) is 0 Å². The first-order valence-electron chi connectivity index (χ1n) is 13.4. The van der Waals surface area contributed by atoms with E-state index in [1.54, 1.807) is 6.07 Å². The molecule has 2 aromatic rings. The first-order valence-corrected chi connectivity index (χ1v) is 13.4. The Morgan fingerprint density at radius 2 is 1.52 bits per heavy atom. The van der Waals surface area contributed by atoms with Gasteiger partial charge in [0.1, 0.15) is 11.9 Å². The summed E-state index contributed by atoms with van der Waals surface area (Å²) in [6.07, 6.45) is 5.87. The number of hydrogen-bond donors (Lipinski definition) is 3. The highest BCUT2D eigenvalue weighted by Gasteiger charge is 2.44. The number of halogens is 1. The van der Waals surface area contributed by atoms with E-state index in [4.69, 9.17) is 21.2 Å². The molecule has 210 valence electrons. The molecule has 1 amide bonds. The quantitative estimate of drug-likeness (QED) is 0.464. The molecule has 0 radical (unpaired) electrons. The summed E-state index contributed by atoms with van der Waals surface area (Å²) in [5.41, 5.74) is 8.39. The molecule has 0 spiro atoms. The van der Waals surface area contributed by atoms with Gasteiger partial charge in [0.2, 0.25) is 5.91 Å². The predicted octanol–water partition coefficient (Wildman–Crippen LogP) is 3.60. The monoisotopic (exact) mass is 548 g/mol. The maximum absolute atomic E-state index is 14.0. The molecule has 2 unspecified atom stereocenters. The average Bonchev–Trinajstić information content (AvgIpc) is 3.52. The largest absolute Gasteiger partial charge is 0.478 e. The number of nitriles is 1. The zero-order valence-corrected chi connectivity index (χ0v) is 22.1. The molecule has 0 bridgehead atoms. The van der Waals surface area contributed by atoms with Crippen molar-refractivity contribution < 1.29 is 29.0 Å². The van der Waals surface area contributed by atoms with Crippen molar-refractivity contribution in [1.29, 1.82) is 5.26 Å². The zero-order chi connectivity index (χ0) is 28.8. The molecular weight excluding hydrogens is 515 g/mol. The van der Waals surface area contributed by atoms with E-state index in [0.29, 0.717) is 29.7 Å². The number of primary amides is 1. The lowest BCUT2D eigenvalue weighted by molar-refractivity contribution is -0.134. The topological polar surface area (TPSA) is 148 Å². The number of nitrogens with two attached hydrogens (primary N) is 1. The number of carbonyl (C=O) groups excluding carboxylic acids is 1. The fraction of sp³-hybridized carbons (Fsp3) is 0.400. The minimum atomic E-state index is -1.26. The van der Waals surface area contributed by atoms with Crippen molar-refractivity contribution in [1.82, 2.24) is 4.90 Å². The normalized spacial score (nSPS) is 24.1. The minimum Gasteiger partial charge on any atom is -0.478 e. The van der Waals surface area contributed by atoms with Crippen molar-refractivity contribution in [2.24, 2.45) is 17.6 Å². The van der Waals surface area contributed by atoms with Gasteiger partial charge in [0, 0.05) is 55.6 Å². The number of carboxylic acid groups (broad SMARTS) is 2. The van der Waals surface area contributed by atoms with Crippen LogP contribution in [0.15, 0.2) is 54.6 Å². The van der Waals surface area contributed by atoms with E-state index in [1.165, 1.54) is 18.9 Å². The standard InChI is InChI=1S/C26H29FN4O.C4H4O4/c27-25-15-21(6-5-17(25)16-28)30-7-9-31(10-8-30)22-13-18-11-20(12-19(18)14-22)23-3-1-2-4-24(23)26(29)32;5-3(6)1-2-4(7)8/h1-6,15,18-20,22H,7-14H2,(H2,29,32);1-2H,(H,5,6)(H,7,8)/b;2-1+. The van der Waals surface area contributed by atoms with Crippen LogP contribution in [0, 0.1) is 29.0 Å². The molecule has 2 saturated carbocycles. The number of rotatable bonds is 6. The first-order chi connectivity index (χ1) is 19.2. The van der Waals surface area contributed by atoms with Gasteiger partial charge in [0.15, 0.2) is 0 Å². The van der Waals surface area contributed by atoms with Crippen LogP contribution in [0.4, 0.5) is 10.1 Å². The predicted molar refractivity (Wildman–Crippen MR) is 146 cm³/mol. The molecule has 0 aromatic heterocycles. The summed E-state index contributed by atoms with van der Waals surface area (Å²) in [4.78, 5) is 35.8. The van der Waals surface area contributed by atoms with E-state index in [0.717, 1.165) is 62.1 Å². The molecule has 9 nitrogen and oxygen atoms in total. The van der Waals surface area contributed by atoms with Crippen molar-refractivity contribution in [2.45, 2.75) is 37.6 Å². The van der Waals surface area contributed by atoms with Crippen LogP contribution >= 0.6 is 0 Å². The number of piperazine rings is 1. The second-order valence-corrected chi connectivity index (χ2v) is 10.6. The van der Waals surface area contributed by atoms with E-state index < -0.39 is 17.8 Å². The van der Waals surface area contributed by atoms with Crippen molar-refractivity contribution >= 4 is 23.5 Å². The van der Waals surface area contributed by atoms with Gasteiger partial charge < -0.3 is 20.8 Å². The highest BCUT2D eigenvalue weighted by atomic mass is 19.1. The molecule has 2 aliphatic carbocycles. The number of aliphatic carboxylic acids is 2. The van der Waals surface area contributed by atoms with Gasteiger partial charge >= 0.3 is 11.9 Å². The summed E-state index contributed by atoms with van der Waals surface area (Å²) in [5.74, 6) is -1.40. The first kappa shape index (κ1) is 28.8. The Hall–Kier alpha value is -4.23. The highest BCUT2D eigenvalue weighted by Crippen LogP contribution is 2.52. The van der Waals surface area contributed by atoms with E-state index in [-0.39, 0.29) is 11.5 Å². The van der Waals surface area contributed by atoms with E-state index >= 15 is 0 Å². The zero-order valence-electron chi connectivity index (χ0n) is 22.1. The molecule has 4 N–H and O–H groups in total. The lowest BCUT2D eigenvalue weighted by Crippen LogP contribution is -2.50. The van der Waals surface area contributed by atoms with Crippen molar-refractivity contribution in [3.63, 3.8) is 0 Å². The number of hydrogen-bond acceptors (Lipinski definition) is 6. The third kappa shape index (κ3) is 6.85. The fourth-order valence-corrected chi connectivity index (χ4v) is 6.49. The fourth-order valence-electron chi connectivity index (χ4n) is 6.49. The molecule has 1 heterocycles. The molecule has 10 heteroatoms. The molecule has 2 atom stereocenters. The van der Waals surface area contributed by atoms with Crippen LogP contribution in [-0.2, 0) is 9.59 Å². The van der Waals surface area contributed by atoms with Crippen LogP contribution in [0.25, 0.3) is 0 Å². The molecule has 2 aromatic carbocycles. The Labute approximate surface area is 232 Å². The molecule has 40 heavy (non-hydrogen) atoms. The van der Waals surface area contributed by atoms with Crippen molar-refractivity contribution in [2.75, 3.05) is 31.1 Å². The summed E-state index contributed by atoms with van der Waals surface area (Å²) in [7, 11) is 0. The maximum atomic E-state index is 14.0. The number of fused-ring (bicyclic) bond motifs is 1. The minimum absolute atomic E-state index is 0.0987. The molecule has 1 saturated heterocycles. The Balaban J connectivity index is 0.000000406. The van der Waals surface area contributed by atoms with Crippen LogP contribution in [-0.4, -0.2) is 65.2 Å². The number of anilines is 1. The van der Waals surface area contributed by atoms with Crippen LogP contribution in [0.5, 0.6) is 0 Å². The highest BCUT2D eigenvalue weighted by molar-refractivity contribution is 5.94. The number of amides is 1. The third-order valence-electron chi connectivity index (χ3n) is 8.29. The number of carboxylic acids is 2. The summed E-state index contributed by atoms with van der Waals surface area (Å²) in [6.45, 7) is 3.73. The van der Waals surface area contributed by atoms with Crippen molar-refractivity contribution in [3.05, 3.63) is 77.1 Å². The Morgan fingerprint density at radius 3 is 2.05 bits per heavy atom. The van der Waals surface area contributed by atoms with Gasteiger partial charge in [-0.3, -0.25) is 9.69 Å². The van der Waals surface area contributed by atoms with Gasteiger partial charge in [-0.2, -0.15) is 5.26 Å². The van der Waals surface area contributed by atoms with Crippen LogP contribution in [0.2, 0.25) is 0 Å². The summed E-state index contributed by atoms with van der Waals surface area (Å²) in [6, 6.07) is 15.2. The Kier molecular flexibility index (Phi) is 9.17. The molecular formula is C30H33FN4O5. The third-order valence-corrected chi connectivity index (χ3v) is 8.29. The lowest BCUT2D eigenvalue weighted by Gasteiger charge is -2.39. The SMILES string of the molecule is N#Cc1ccc(N2CCN(C3CC4CC(c5ccccc5C(N)=O)CC4C3)CC2)cc1F.O=C(O)/C=C/C(=O)O. The maximum Gasteiger partial charge on any atom is 0.328 e. The van der Waals surface area contributed by atoms with Gasteiger partial charge in [0.05, 0.1) is 5.56 Å². The van der Waals surface area contributed by atoms with Gasteiger partial charge in [0.25, 0.3) is 0 Å². The lowest BCUT2D eigenvalue weighted by atomic mass is 9.90. The summed E-state index contributed by atoms with van der Waals surface area (Å²) < 4.78 is 14.0. The molecule has 3 fully saturated rings. The number of carbonyl (C=O) groups is 3. The van der Waals surface area contributed by atoms with Crippen molar-refractivity contribution in [3.8, 4) is 6.07 Å². The van der Waals surface area contributed by atoms with Crippen LogP contribution < -0.4 is 10.6 Å². The van der Waals surface area contributed by atoms with Crippen LogP contribution in [0.1, 0.15) is 53.1 Å². The molecule has 1 aliphatic heterocycles. The number of benzene rings is 2. The van der Waals surface area contributed by atoms with Crippen LogP contribution in [0.3, 0.4) is 0 Å². The summed E-state index contributed by atoms with van der Waals surface area (Å²) >= 11 is 0. The second kappa shape index (κ2) is 12.7. The second-order valence-electron chi connectivity index (χ2n) is 10.6. The van der Waals surface area contributed by atoms with E-state index in [1.807, 2.05) is 30.3 Å². The van der Waals surface area contributed by atoms with Gasteiger partial charge in [-0.25, -0.2) is 14.0 Å². The average molecular weight is 549 g/mol. The summed E-state index contributed by atoms with van der Waals surface area (Å²) in [5, 5.41) is 24.6.